The molecular formula is C25H26FN3O3S. The molecule has 0 aromatic heterocycles. The highest BCUT2D eigenvalue weighted by Crippen LogP contribution is 2.20. The first kappa shape index (κ1) is 22.9. The van der Waals surface area contributed by atoms with Crippen molar-refractivity contribution in [3.63, 3.8) is 0 Å². The van der Waals surface area contributed by atoms with Crippen LogP contribution in [0.25, 0.3) is 0 Å². The highest BCUT2D eigenvalue weighted by atomic mass is 32.2. The molecule has 1 heterocycles. The van der Waals surface area contributed by atoms with Crippen molar-refractivity contribution in [2.75, 3.05) is 37.6 Å². The van der Waals surface area contributed by atoms with Crippen LogP contribution in [0.3, 0.4) is 0 Å². The number of benzene rings is 3. The van der Waals surface area contributed by atoms with Crippen molar-refractivity contribution in [1.29, 1.82) is 0 Å². The molecule has 1 aliphatic rings. The first-order chi connectivity index (χ1) is 15.9. The Bertz CT molecular complexity index is 1160. The second-order valence-electron chi connectivity index (χ2n) is 7.92. The summed E-state index contributed by atoms with van der Waals surface area (Å²) in [5.41, 5.74) is 1.71. The Labute approximate surface area is 193 Å². The Morgan fingerprint density at radius 2 is 1.39 bits per heavy atom. The van der Waals surface area contributed by atoms with Gasteiger partial charge in [-0.05, 0) is 42.0 Å². The van der Waals surface area contributed by atoms with E-state index in [0.29, 0.717) is 26.2 Å². The summed E-state index contributed by atoms with van der Waals surface area (Å²) in [5.74, 6) is -0.519. The number of halogens is 1. The van der Waals surface area contributed by atoms with Gasteiger partial charge in [0.15, 0.2) is 0 Å². The molecule has 3 aromatic rings. The summed E-state index contributed by atoms with van der Waals surface area (Å²) in [4.78, 5) is 17.1. The molecule has 33 heavy (non-hydrogen) atoms. The normalized spacial score (nSPS) is 14.5. The number of piperazine rings is 1. The molecule has 1 amide bonds. The average molecular weight is 468 g/mol. The van der Waals surface area contributed by atoms with E-state index in [2.05, 4.69) is 4.90 Å². The van der Waals surface area contributed by atoms with Crippen LogP contribution in [0.1, 0.15) is 5.56 Å². The zero-order valence-electron chi connectivity index (χ0n) is 18.2. The van der Waals surface area contributed by atoms with E-state index in [-0.39, 0.29) is 29.7 Å². The van der Waals surface area contributed by atoms with Crippen LogP contribution in [0.15, 0.2) is 89.8 Å². The predicted molar refractivity (Wildman–Crippen MR) is 126 cm³/mol. The molecule has 0 saturated carbocycles. The summed E-state index contributed by atoms with van der Waals surface area (Å²) in [5, 5.41) is 0. The Balaban J connectivity index is 1.47. The molecule has 0 spiro atoms. The van der Waals surface area contributed by atoms with Crippen LogP contribution in [-0.4, -0.2) is 56.3 Å². The van der Waals surface area contributed by atoms with Crippen LogP contribution in [0.2, 0.25) is 0 Å². The van der Waals surface area contributed by atoms with E-state index in [9.17, 15) is 17.6 Å². The van der Waals surface area contributed by atoms with Crippen LogP contribution in [-0.2, 0) is 21.4 Å². The third kappa shape index (κ3) is 5.58. The number of rotatable bonds is 7. The van der Waals surface area contributed by atoms with Crippen molar-refractivity contribution in [1.82, 2.24) is 9.21 Å². The second kappa shape index (κ2) is 10.1. The van der Waals surface area contributed by atoms with Gasteiger partial charge in [-0.3, -0.25) is 4.79 Å². The monoisotopic (exact) mass is 467 g/mol. The molecule has 0 atom stereocenters. The van der Waals surface area contributed by atoms with E-state index >= 15 is 0 Å². The van der Waals surface area contributed by atoms with Crippen LogP contribution in [0.4, 0.5) is 10.1 Å². The highest BCUT2D eigenvalue weighted by molar-refractivity contribution is 7.89. The number of nitrogens with zero attached hydrogens (tertiary/aromatic N) is 3. The first-order valence-electron chi connectivity index (χ1n) is 10.8. The van der Waals surface area contributed by atoms with Crippen molar-refractivity contribution >= 4 is 21.6 Å². The van der Waals surface area contributed by atoms with Gasteiger partial charge in [-0.2, -0.15) is 4.31 Å². The van der Waals surface area contributed by atoms with E-state index in [4.69, 9.17) is 0 Å². The summed E-state index contributed by atoms with van der Waals surface area (Å²) in [6.07, 6.45) is 0. The van der Waals surface area contributed by atoms with Gasteiger partial charge in [-0.15, -0.1) is 0 Å². The van der Waals surface area contributed by atoms with Crippen molar-refractivity contribution < 1.29 is 17.6 Å². The molecule has 0 N–H and O–H groups in total. The Morgan fingerprint density at radius 1 is 0.818 bits per heavy atom. The lowest BCUT2D eigenvalue weighted by molar-refractivity contribution is -0.131. The Hall–Kier alpha value is -3.23. The second-order valence-corrected chi connectivity index (χ2v) is 9.85. The fourth-order valence-electron chi connectivity index (χ4n) is 3.87. The summed E-state index contributed by atoms with van der Waals surface area (Å²) < 4.78 is 41.1. The molecule has 0 bridgehead atoms. The quantitative estimate of drug-likeness (QED) is 0.535. The molecule has 1 saturated heterocycles. The summed E-state index contributed by atoms with van der Waals surface area (Å²) in [6, 6.07) is 23.7. The van der Waals surface area contributed by atoms with Gasteiger partial charge in [0, 0.05) is 38.4 Å². The number of hydrogen-bond donors (Lipinski definition) is 0. The number of carbonyl (C=O) groups is 1. The van der Waals surface area contributed by atoms with Gasteiger partial charge in [-0.1, -0.05) is 48.5 Å². The number of carbonyl (C=O) groups excluding carboxylic acids is 1. The van der Waals surface area contributed by atoms with Gasteiger partial charge in [0.05, 0.1) is 11.4 Å². The molecule has 6 nitrogen and oxygen atoms in total. The smallest absolute Gasteiger partial charge is 0.243 e. The van der Waals surface area contributed by atoms with Gasteiger partial charge < -0.3 is 9.80 Å². The van der Waals surface area contributed by atoms with Gasteiger partial charge in [0.1, 0.15) is 5.82 Å². The topological polar surface area (TPSA) is 60.9 Å². The third-order valence-corrected chi connectivity index (χ3v) is 7.52. The molecule has 172 valence electrons. The van der Waals surface area contributed by atoms with Gasteiger partial charge in [0.2, 0.25) is 15.9 Å². The first-order valence-corrected chi connectivity index (χ1v) is 12.2. The van der Waals surface area contributed by atoms with E-state index in [1.165, 1.54) is 16.4 Å². The minimum Gasteiger partial charge on any atom is -0.368 e. The van der Waals surface area contributed by atoms with Crippen molar-refractivity contribution in [3.05, 3.63) is 96.3 Å². The van der Waals surface area contributed by atoms with E-state index < -0.39 is 10.0 Å². The highest BCUT2D eigenvalue weighted by Gasteiger charge is 2.30. The number of sulfonamides is 1. The van der Waals surface area contributed by atoms with Crippen molar-refractivity contribution in [2.45, 2.75) is 11.4 Å². The minimum absolute atomic E-state index is 0.110. The fraction of sp³-hybridized carbons (Fsp3) is 0.240. The van der Waals surface area contributed by atoms with Crippen LogP contribution in [0.5, 0.6) is 0 Å². The Morgan fingerprint density at radius 3 is 2.00 bits per heavy atom. The molecule has 0 aliphatic carbocycles. The predicted octanol–water partition coefficient (Wildman–Crippen LogP) is 3.37. The molecule has 8 heteroatoms. The lowest BCUT2D eigenvalue weighted by Crippen LogP contribution is -2.51. The summed E-state index contributed by atoms with van der Waals surface area (Å²) >= 11 is 0. The molecule has 1 fully saturated rings. The molecule has 0 radical (unpaired) electrons. The SMILES string of the molecule is O=C(CN(Cc1ccccc1)S(=O)(=O)c1ccccc1)N1CCN(c2ccc(F)cc2)CC1. The van der Waals surface area contributed by atoms with Crippen molar-refractivity contribution in [3.8, 4) is 0 Å². The van der Waals surface area contributed by atoms with Gasteiger partial charge in [0.25, 0.3) is 0 Å². The largest absolute Gasteiger partial charge is 0.368 e. The van der Waals surface area contributed by atoms with Crippen LogP contribution < -0.4 is 4.90 Å². The maximum Gasteiger partial charge on any atom is 0.243 e. The Kier molecular flexibility index (Phi) is 7.05. The number of anilines is 1. The molecule has 0 unspecified atom stereocenters. The van der Waals surface area contributed by atoms with E-state index in [1.807, 2.05) is 30.3 Å². The third-order valence-electron chi connectivity index (χ3n) is 5.72. The van der Waals surface area contributed by atoms with Gasteiger partial charge in [-0.25, -0.2) is 12.8 Å². The maximum atomic E-state index is 13.3. The van der Waals surface area contributed by atoms with E-state index in [0.717, 1.165) is 11.3 Å². The standard InChI is InChI=1S/C25H26FN3O3S/c26-22-11-13-23(14-12-22)27-15-17-28(18-16-27)25(30)20-29(19-21-7-3-1-4-8-21)33(31,32)24-9-5-2-6-10-24/h1-14H,15-20H2. The summed E-state index contributed by atoms with van der Waals surface area (Å²) in [7, 11) is -3.85. The fourth-order valence-corrected chi connectivity index (χ4v) is 5.27. The molecule has 4 rings (SSSR count). The van der Waals surface area contributed by atoms with Crippen molar-refractivity contribution in [2.24, 2.45) is 0 Å². The lowest BCUT2D eigenvalue weighted by atomic mass is 10.2. The van der Waals surface area contributed by atoms with Crippen LogP contribution >= 0.6 is 0 Å². The maximum absolute atomic E-state index is 13.3. The zero-order valence-corrected chi connectivity index (χ0v) is 19.0. The zero-order chi connectivity index (χ0) is 23.3. The number of amides is 1. The molecule has 1 aliphatic heterocycles. The van der Waals surface area contributed by atoms with Gasteiger partial charge >= 0.3 is 0 Å². The average Bonchev–Trinajstić information content (AvgIpc) is 2.85. The van der Waals surface area contributed by atoms with E-state index in [1.54, 1.807) is 47.4 Å². The van der Waals surface area contributed by atoms with Crippen LogP contribution in [0, 0.1) is 5.82 Å². The summed E-state index contributed by atoms with van der Waals surface area (Å²) in [6.45, 7) is 2.02. The minimum atomic E-state index is -3.85. The molecular weight excluding hydrogens is 441 g/mol. The number of hydrogen-bond acceptors (Lipinski definition) is 4. The molecule has 3 aromatic carbocycles. The lowest BCUT2D eigenvalue weighted by Gasteiger charge is -2.37.